The number of hydrogen-bond donors (Lipinski definition) is 1. The number of carbonyl (C=O) groups excluding carboxylic acids is 1. The van der Waals surface area contributed by atoms with Crippen molar-refractivity contribution in [1.29, 1.82) is 0 Å². The van der Waals surface area contributed by atoms with Crippen molar-refractivity contribution in [3.8, 4) is 0 Å². The highest BCUT2D eigenvalue weighted by Gasteiger charge is 2.36. The maximum atomic E-state index is 13.1. The molecule has 3 aliphatic rings. The van der Waals surface area contributed by atoms with Gasteiger partial charge in [0.1, 0.15) is 12.1 Å². The quantitative estimate of drug-likeness (QED) is 0.599. The number of halogens is 3. The molecule has 1 saturated carbocycles. The predicted molar refractivity (Wildman–Crippen MR) is 133 cm³/mol. The lowest BCUT2D eigenvalue weighted by atomic mass is 9.84. The Balaban J connectivity index is 1.06. The van der Waals surface area contributed by atoms with Gasteiger partial charge in [-0.2, -0.15) is 24.9 Å². The van der Waals surface area contributed by atoms with Crippen molar-refractivity contribution in [2.45, 2.75) is 50.4 Å². The molecule has 0 bridgehead atoms. The van der Waals surface area contributed by atoms with Crippen LogP contribution in [0.15, 0.2) is 24.5 Å². The highest BCUT2D eigenvalue weighted by molar-refractivity contribution is 7.99. The molecule has 0 radical (unpaired) electrons. The van der Waals surface area contributed by atoms with Crippen LogP contribution in [0.5, 0.6) is 0 Å². The average Bonchev–Trinajstić information content (AvgIpc) is 2.84. The smallest absolute Gasteiger partial charge is 0.362 e. The van der Waals surface area contributed by atoms with Gasteiger partial charge in [-0.3, -0.25) is 14.6 Å². The van der Waals surface area contributed by atoms with Gasteiger partial charge in [-0.1, -0.05) is 0 Å². The number of benzene rings is 1. The second-order valence-corrected chi connectivity index (χ2v) is 11.2. The van der Waals surface area contributed by atoms with Gasteiger partial charge in [0.05, 0.1) is 17.6 Å². The Kier molecular flexibility index (Phi) is 7.50. The molecule has 10 heteroatoms. The molecule has 5 rings (SSSR count). The van der Waals surface area contributed by atoms with Gasteiger partial charge >= 0.3 is 6.18 Å². The normalized spacial score (nSPS) is 24.9. The lowest BCUT2D eigenvalue weighted by Crippen LogP contribution is -2.55. The maximum Gasteiger partial charge on any atom is 0.416 e. The SMILES string of the molecule is O=C(CNc1ncnc2ccc(C(F)(F)F)cc12)CC1CN(C2CCC(N3CCSCC3)CC2)C1. The second-order valence-electron chi connectivity index (χ2n) is 9.98. The topological polar surface area (TPSA) is 61.4 Å². The molecule has 0 spiro atoms. The molecule has 1 N–H and O–H groups in total. The van der Waals surface area contributed by atoms with Gasteiger partial charge in [-0.25, -0.2) is 9.97 Å². The minimum absolute atomic E-state index is 0.0537. The van der Waals surface area contributed by atoms with E-state index >= 15 is 0 Å². The molecule has 190 valence electrons. The number of fused-ring (bicyclic) bond motifs is 1. The number of nitrogens with zero attached hydrogens (tertiary/aromatic N) is 4. The van der Waals surface area contributed by atoms with E-state index in [0.717, 1.165) is 31.3 Å². The van der Waals surface area contributed by atoms with Gasteiger partial charge in [0.15, 0.2) is 5.78 Å². The number of ketones is 1. The predicted octanol–water partition coefficient (Wildman–Crippen LogP) is 4.31. The Labute approximate surface area is 208 Å². The number of hydrogen-bond acceptors (Lipinski definition) is 7. The van der Waals surface area contributed by atoms with Gasteiger partial charge in [0.2, 0.25) is 0 Å². The third-order valence-corrected chi connectivity index (χ3v) is 8.60. The van der Waals surface area contributed by atoms with Crippen LogP contribution in [0.2, 0.25) is 0 Å². The Morgan fingerprint density at radius 3 is 2.40 bits per heavy atom. The van der Waals surface area contributed by atoms with E-state index in [2.05, 4.69) is 36.8 Å². The second kappa shape index (κ2) is 10.6. The molecule has 1 aromatic carbocycles. The van der Waals surface area contributed by atoms with Crippen molar-refractivity contribution in [1.82, 2.24) is 19.8 Å². The fraction of sp³-hybridized carbons (Fsp3) is 0.640. The zero-order valence-corrected chi connectivity index (χ0v) is 20.6. The zero-order chi connectivity index (χ0) is 24.4. The summed E-state index contributed by atoms with van der Waals surface area (Å²) in [6.07, 6.45) is 2.39. The Morgan fingerprint density at radius 1 is 1.03 bits per heavy atom. The number of Topliss-reactive ketones (excluding diaryl/α,β-unsaturated/α-hetero) is 1. The summed E-state index contributed by atoms with van der Waals surface area (Å²) in [7, 11) is 0. The summed E-state index contributed by atoms with van der Waals surface area (Å²) in [5.74, 6) is 3.20. The van der Waals surface area contributed by atoms with E-state index in [-0.39, 0.29) is 23.5 Å². The van der Waals surface area contributed by atoms with Crippen LogP contribution in [0.1, 0.15) is 37.7 Å². The molecule has 3 heterocycles. The van der Waals surface area contributed by atoms with Crippen molar-refractivity contribution in [3.05, 3.63) is 30.1 Å². The van der Waals surface area contributed by atoms with E-state index in [1.165, 1.54) is 62.7 Å². The summed E-state index contributed by atoms with van der Waals surface area (Å²) in [5.41, 5.74) is -0.348. The molecule has 2 aliphatic heterocycles. The van der Waals surface area contributed by atoms with Crippen LogP contribution < -0.4 is 5.32 Å². The molecule has 0 unspecified atom stereocenters. The Hall–Kier alpha value is -1.91. The fourth-order valence-electron chi connectivity index (χ4n) is 5.72. The summed E-state index contributed by atoms with van der Waals surface area (Å²) in [6.45, 7) is 4.45. The molecule has 2 aromatic rings. The number of anilines is 1. The average molecular weight is 508 g/mol. The van der Waals surface area contributed by atoms with Gasteiger partial charge in [-0.15, -0.1) is 0 Å². The molecule has 0 atom stereocenters. The number of carbonyl (C=O) groups is 1. The van der Waals surface area contributed by atoms with E-state index in [9.17, 15) is 18.0 Å². The molecule has 35 heavy (non-hydrogen) atoms. The third kappa shape index (κ3) is 5.91. The first kappa shape index (κ1) is 24.8. The number of aromatic nitrogens is 2. The lowest BCUT2D eigenvalue weighted by molar-refractivity contribution is -0.137. The van der Waals surface area contributed by atoms with Crippen LogP contribution >= 0.6 is 11.8 Å². The van der Waals surface area contributed by atoms with Crippen molar-refractivity contribution in [2.24, 2.45) is 5.92 Å². The van der Waals surface area contributed by atoms with Crippen LogP contribution in [0, 0.1) is 5.92 Å². The van der Waals surface area contributed by atoms with Crippen LogP contribution in [-0.2, 0) is 11.0 Å². The standard InChI is InChI=1S/C25H32F3N5OS/c26-25(27,28)18-1-6-23-22(12-18)24(31-16-30-23)29-13-21(34)11-17-14-33(15-17)20-4-2-19(3-5-20)32-7-9-35-10-8-32/h1,6,12,16-17,19-20H,2-5,7-11,13-15H2,(H,29,30,31). The fourth-order valence-corrected chi connectivity index (χ4v) is 6.65. The summed E-state index contributed by atoms with van der Waals surface area (Å²) >= 11 is 2.06. The molecular weight excluding hydrogens is 475 g/mol. The summed E-state index contributed by atoms with van der Waals surface area (Å²) in [5, 5.41) is 3.21. The van der Waals surface area contributed by atoms with E-state index < -0.39 is 11.7 Å². The molecule has 6 nitrogen and oxygen atoms in total. The summed E-state index contributed by atoms with van der Waals surface area (Å²) in [4.78, 5) is 25.9. The highest BCUT2D eigenvalue weighted by atomic mass is 32.2. The highest BCUT2D eigenvalue weighted by Crippen LogP contribution is 2.34. The van der Waals surface area contributed by atoms with Gasteiger partial charge in [0.25, 0.3) is 0 Å². The number of alkyl halides is 3. The van der Waals surface area contributed by atoms with E-state index in [4.69, 9.17) is 0 Å². The number of likely N-dealkylation sites (tertiary alicyclic amines) is 1. The molecule has 1 aromatic heterocycles. The van der Waals surface area contributed by atoms with E-state index in [0.29, 0.717) is 23.9 Å². The van der Waals surface area contributed by atoms with E-state index in [1.54, 1.807) is 0 Å². The minimum atomic E-state index is -4.45. The largest absolute Gasteiger partial charge is 0.416 e. The lowest BCUT2D eigenvalue weighted by Gasteiger charge is -2.48. The molecule has 0 amide bonds. The molecule has 3 fully saturated rings. The monoisotopic (exact) mass is 507 g/mol. The zero-order valence-electron chi connectivity index (χ0n) is 19.8. The first-order valence-electron chi connectivity index (χ1n) is 12.5. The van der Waals surface area contributed by atoms with Gasteiger partial charge in [-0.05, 0) is 49.8 Å². The van der Waals surface area contributed by atoms with Crippen LogP contribution in [0.3, 0.4) is 0 Å². The van der Waals surface area contributed by atoms with Gasteiger partial charge in [0, 0.05) is 61.6 Å². The minimum Gasteiger partial charge on any atom is -0.362 e. The first-order valence-corrected chi connectivity index (χ1v) is 13.7. The number of rotatable bonds is 7. The van der Waals surface area contributed by atoms with Crippen LogP contribution in [0.4, 0.5) is 19.0 Å². The Bertz CT molecular complexity index is 1030. The molecule has 1 aliphatic carbocycles. The van der Waals surface area contributed by atoms with E-state index in [1.807, 2.05) is 0 Å². The van der Waals surface area contributed by atoms with Crippen molar-refractivity contribution >= 4 is 34.3 Å². The molecular formula is C25H32F3N5OS. The third-order valence-electron chi connectivity index (χ3n) is 7.66. The van der Waals surface area contributed by atoms with Crippen molar-refractivity contribution in [2.75, 3.05) is 49.5 Å². The number of nitrogens with one attached hydrogen (secondary N) is 1. The van der Waals surface area contributed by atoms with Crippen LogP contribution in [0.25, 0.3) is 10.9 Å². The van der Waals surface area contributed by atoms with Crippen molar-refractivity contribution in [3.63, 3.8) is 0 Å². The Morgan fingerprint density at radius 2 is 1.71 bits per heavy atom. The van der Waals surface area contributed by atoms with Gasteiger partial charge < -0.3 is 5.32 Å². The summed E-state index contributed by atoms with van der Waals surface area (Å²) < 4.78 is 39.3. The first-order chi connectivity index (χ1) is 16.9. The summed E-state index contributed by atoms with van der Waals surface area (Å²) in [6, 6.07) is 4.76. The number of thioether (sulfide) groups is 1. The van der Waals surface area contributed by atoms with Crippen molar-refractivity contribution < 1.29 is 18.0 Å². The maximum absolute atomic E-state index is 13.1. The molecule has 2 saturated heterocycles. The van der Waals surface area contributed by atoms with Crippen LogP contribution in [-0.4, -0.2) is 81.9 Å².